The molecule has 0 bridgehead atoms. The first-order chi connectivity index (χ1) is 11.6. The number of rotatable bonds is 7. The average molecular weight is 348 g/mol. The van der Waals surface area contributed by atoms with Crippen molar-refractivity contribution in [2.75, 3.05) is 13.7 Å². The predicted molar refractivity (Wildman–Crippen MR) is 97.8 cm³/mol. The molecule has 1 aromatic carbocycles. The van der Waals surface area contributed by atoms with Crippen LogP contribution in [0.5, 0.6) is 5.75 Å². The number of ether oxygens (including phenoxy) is 2. The summed E-state index contributed by atoms with van der Waals surface area (Å²) in [6.07, 6.45) is 3.01. The van der Waals surface area contributed by atoms with Crippen LogP contribution in [-0.2, 0) is 9.53 Å². The number of allylic oxidation sites excluding steroid dienone is 1. The monoisotopic (exact) mass is 348 g/mol. The molecular formula is C18H24N2O3S. The second kappa shape index (κ2) is 8.68. The summed E-state index contributed by atoms with van der Waals surface area (Å²) in [7, 11) is 1.62. The summed E-state index contributed by atoms with van der Waals surface area (Å²) in [5, 5.41) is 6.66. The van der Waals surface area contributed by atoms with Crippen LogP contribution in [0, 0.1) is 0 Å². The minimum atomic E-state index is -0.330. The van der Waals surface area contributed by atoms with E-state index in [1.807, 2.05) is 31.2 Å². The second-order valence-corrected chi connectivity index (χ2v) is 6.09. The van der Waals surface area contributed by atoms with Gasteiger partial charge >= 0.3 is 5.97 Å². The third-order valence-electron chi connectivity index (χ3n) is 3.92. The number of methoxy groups -OCH3 is 1. The molecule has 1 aliphatic rings. The third kappa shape index (κ3) is 4.47. The summed E-state index contributed by atoms with van der Waals surface area (Å²) in [4.78, 5) is 12.6. The maximum Gasteiger partial charge on any atom is 0.338 e. The first kappa shape index (κ1) is 18.3. The molecule has 1 aromatic rings. The standard InChI is InChI=1S/C18H24N2O3S/c1-4-5-6-11-23-17(21)15-12(2)19-18(24)20-16(15)13-7-9-14(22-3)10-8-13/h7-10,16H,4-6,11H2,1-3H3,(H2,19,20,24)/t16-/m1/s1. The molecule has 2 N–H and O–H groups in total. The Morgan fingerprint density at radius 3 is 2.58 bits per heavy atom. The molecule has 0 amide bonds. The second-order valence-electron chi connectivity index (χ2n) is 5.69. The molecule has 0 aromatic heterocycles. The van der Waals surface area contributed by atoms with E-state index >= 15 is 0 Å². The summed E-state index contributed by atoms with van der Waals surface area (Å²) in [5.74, 6) is 0.451. The smallest absolute Gasteiger partial charge is 0.338 e. The summed E-state index contributed by atoms with van der Waals surface area (Å²) in [6.45, 7) is 4.39. The molecule has 2 rings (SSSR count). The molecule has 1 heterocycles. The Bertz CT molecular complexity index is 626. The first-order valence-corrected chi connectivity index (χ1v) is 8.57. The number of nitrogens with one attached hydrogen (secondary N) is 2. The number of carbonyl (C=O) groups is 1. The fourth-order valence-corrected chi connectivity index (χ4v) is 2.88. The van der Waals surface area contributed by atoms with Crippen molar-refractivity contribution in [2.45, 2.75) is 39.2 Å². The normalized spacial score (nSPS) is 17.1. The number of carbonyl (C=O) groups excluding carboxylic acids is 1. The number of esters is 1. The fraction of sp³-hybridized carbons (Fsp3) is 0.444. The van der Waals surface area contributed by atoms with Crippen LogP contribution in [0.2, 0.25) is 0 Å². The quantitative estimate of drug-likeness (QED) is 0.448. The van der Waals surface area contributed by atoms with Crippen LogP contribution in [-0.4, -0.2) is 24.8 Å². The van der Waals surface area contributed by atoms with E-state index in [1.165, 1.54) is 0 Å². The van der Waals surface area contributed by atoms with Crippen LogP contribution >= 0.6 is 12.2 Å². The van der Waals surface area contributed by atoms with Gasteiger partial charge in [0.25, 0.3) is 0 Å². The number of thiocarbonyl (C=S) groups is 1. The minimum absolute atomic E-state index is 0.313. The zero-order chi connectivity index (χ0) is 17.5. The zero-order valence-corrected chi connectivity index (χ0v) is 15.2. The van der Waals surface area contributed by atoms with Gasteiger partial charge in [-0.2, -0.15) is 0 Å². The van der Waals surface area contributed by atoms with Gasteiger partial charge in [0.15, 0.2) is 5.11 Å². The lowest BCUT2D eigenvalue weighted by Crippen LogP contribution is -2.45. The van der Waals surface area contributed by atoms with Crippen LogP contribution in [0.3, 0.4) is 0 Å². The van der Waals surface area contributed by atoms with Gasteiger partial charge < -0.3 is 20.1 Å². The van der Waals surface area contributed by atoms with Crippen molar-refractivity contribution in [1.29, 1.82) is 0 Å². The van der Waals surface area contributed by atoms with Gasteiger partial charge in [-0.15, -0.1) is 0 Å². The molecule has 0 unspecified atom stereocenters. The molecule has 0 aliphatic carbocycles. The molecule has 130 valence electrons. The van der Waals surface area contributed by atoms with E-state index in [0.717, 1.165) is 36.3 Å². The van der Waals surface area contributed by atoms with E-state index in [4.69, 9.17) is 21.7 Å². The number of benzene rings is 1. The Balaban J connectivity index is 2.21. The van der Waals surface area contributed by atoms with Crippen molar-refractivity contribution in [1.82, 2.24) is 10.6 Å². The van der Waals surface area contributed by atoms with Crippen molar-refractivity contribution in [3.8, 4) is 5.75 Å². The van der Waals surface area contributed by atoms with E-state index in [9.17, 15) is 4.79 Å². The highest BCUT2D eigenvalue weighted by atomic mass is 32.1. The Labute approximate surface area is 148 Å². The highest BCUT2D eigenvalue weighted by Crippen LogP contribution is 2.28. The number of hydrogen-bond donors (Lipinski definition) is 2. The summed E-state index contributed by atoms with van der Waals surface area (Å²) in [5.41, 5.74) is 2.21. The highest BCUT2D eigenvalue weighted by molar-refractivity contribution is 7.80. The molecule has 5 nitrogen and oxygen atoms in total. The van der Waals surface area contributed by atoms with E-state index in [2.05, 4.69) is 17.6 Å². The van der Waals surface area contributed by atoms with Crippen LogP contribution in [0.25, 0.3) is 0 Å². The van der Waals surface area contributed by atoms with Crippen LogP contribution in [0.4, 0.5) is 0 Å². The maximum absolute atomic E-state index is 12.6. The van der Waals surface area contributed by atoms with Gasteiger partial charge in [0, 0.05) is 5.70 Å². The summed E-state index contributed by atoms with van der Waals surface area (Å²) >= 11 is 5.24. The topological polar surface area (TPSA) is 59.6 Å². The highest BCUT2D eigenvalue weighted by Gasteiger charge is 2.30. The van der Waals surface area contributed by atoms with Gasteiger partial charge in [-0.25, -0.2) is 4.79 Å². The van der Waals surface area contributed by atoms with Crippen molar-refractivity contribution >= 4 is 23.3 Å². The summed E-state index contributed by atoms with van der Waals surface area (Å²) < 4.78 is 10.6. The predicted octanol–water partition coefficient (Wildman–Crippen LogP) is 3.22. The zero-order valence-electron chi connectivity index (χ0n) is 14.3. The Morgan fingerprint density at radius 1 is 1.25 bits per heavy atom. The van der Waals surface area contributed by atoms with Gasteiger partial charge in [0.1, 0.15) is 5.75 Å². The first-order valence-electron chi connectivity index (χ1n) is 8.16. The Morgan fingerprint density at radius 2 is 1.96 bits per heavy atom. The molecule has 0 radical (unpaired) electrons. The van der Waals surface area contributed by atoms with Gasteiger partial charge in [-0.05, 0) is 43.3 Å². The van der Waals surface area contributed by atoms with Gasteiger partial charge in [-0.3, -0.25) is 0 Å². The minimum Gasteiger partial charge on any atom is -0.497 e. The molecule has 0 saturated carbocycles. The van der Waals surface area contributed by atoms with E-state index < -0.39 is 0 Å². The fourth-order valence-electron chi connectivity index (χ4n) is 2.61. The molecule has 1 atom stereocenters. The lowest BCUT2D eigenvalue weighted by atomic mass is 9.95. The summed E-state index contributed by atoms with van der Waals surface area (Å²) in [6, 6.07) is 7.23. The van der Waals surface area contributed by atoms with E-state index in [0.29, 0.717) is 17.3 Å². The molecule has 0 saturated heterocycles. The van der Waals surface area contributed by atoms with Crippen molar-refractivity contribution < 1.29 is 14.3 Å². The van der Waals surface area contributed by atoms with Crippen LogP contribution < -0.4 is 15.4 Å². The van der Waals surface area contributed by atoms with E-state index in [1.54, 1.807) is 7.11 Å². The van der Waals surface area contributed by atoms with Crippen molar-refractivity contribution in [3.63, 3.8) is 0 Å². The van der Waals surface area contributed by atoms with Gasteiger partial charge in [0.2, 0.25) is 0 Å². The molecule has 0 fully saturated rings. The Hall–Kier alpha value is -2.08. The molecular weight excluding hydrogens is 324 g/mol. The average Bonchev–Trinajstić information content (AvgIpc) is 2.58. The third-order valence-corrected chi connectivity index (χ3v) is 4.14. The molecule has 24 heavy (non-hydrogen) atoms. The SMILES string of the molecule is CCCCCOC(=O)C1=C(C)NC(=S)N[C@@H]1c1ccc(OC)cc1. The lowest BCUT2D eigenvalue weighted by molar-refractivity contribution is -0.139. The van der Waals surface area contributed by atoms with Crippen molar-refractivity contribution in [3.05, 3.63) is 41.1 Å². The van der Waals surface area contributed by atoms with Crippen LogP contribution in [0.1, 0.15) is 44.7 Å². The molecule has 0 spiro atoms. The largest absolute Gasteiger partial charge is 0.497 e. The van der Waals surface area contributed by atoms with Gasteiger partial charge in [0.05, 0.1) is 25.3 Å². The van der Waals surface area contributed by atoms with Crippen LogP contribution in [0.15, 0.2) is 35.5 Å². The maximum atomic E-state index is 12.6. The number of unbranched alkanes of at least 4 members (excludes halogenated alkanes) is 2. The van der Waals surface area contributed by atoms with Gasteiger partial charge in [-0.1, -0.05) is 31.9 Å². The molecule has 6 heteroatoms. The lowest BCUT2D eigenvalue weighted by Gasteiger charge is -2.30. The molecule has 1 aliphatic heterocycles. The van der Waals surface area contributed by atoms with E-state index in [-0.39, 0.29) is 12.0 Å². The van der Waals surface area contributed by atoms with Crippen molar-refractivity contribution in [2.24, 2.45) is 0 Å². The number of hydrogen-bond acceptors (Lipinski definition) is 4. The Kier molecular flexibility index (Phi) is 6.61.